The van der Waals surface area contributed by atoms with E-state index in [1.807, 2.05) is 0 Å². The Labute approximate surface area is 180 Å². The van der Waals surface area contributed by atoms with E-state index in [0.717, 1.165) is 5.56 Å². The molecular formula is C22H20F6N2O2. The van der Waals surface area contributed by atoms with Crippen molar-refractivity contribution < 1.29 is 35.9 Å². The van der Waals surface area contributed by atoms with Crippen molar-refractivity contribution >= 4 is 11.8 Å². The maximum Gasteiger partial charge on any atom is 0.416 e. The number of hydrogen-bond acceptors (Lipinski definition) is 2. The lowest BCUT2D eigenvalue weighted by Gasteiger charge is -2.41. The molecule has 1 aliphatic heterocycles. The molecule has 0 bridgehead atoms. The van der Waals surface area contributed by atoms with Crippen LogP contribution >= 0.6 is 0 Å². The number of carbonyl (C=O) groups excluding carboxylic acids is 2. The van der Waals surface area contributed by atoms with E-state index >= 15 is 0 Å². The van der Waals surface area contributed by atoms with E-state index in [-0.39, 0.29) is 31.6 Å². The second-order valence-electron chi connectivity index (χ2n) is 7.60. The topological polar surface area (TPSA) is 40.6 Å². The summed E-state index contributed by atoms with van der Waals surface area (Å²) in [5.74, 6) is -1.17. The summed E-state index contributed by atoms with van der Waals surface area (Å²) in [5.41, 5.74) is -2.96. The summed E-state index contributed by atoms with van der Waals surface area (Å²) < 4.78 is 79.3. The lowest BCUT2D eigenvalue weighted by Crippen LogP contribution is -2.57. The fourth-order valence-electron chi connectivity index (χ4n) is 3.71. The Hall–Kier alpha value is -3.04. The highest BCUT2D eigenvalue weighted by atomic mass is 19.4. The Bertz CT molecular complexity index is 956. The Balaban J connectivity index is 1.98. The smallest absolute Gasteiger partial charge is 0.339 e. The lowest BCUT2D eigenvalue weighted by molar-refractivity contribution is -0.143. The fourth-order valence-corrected chi connectivity index (χ4v) is 3.71. The summed E-state index contributed by atoms with van der Waals surface area (Å²) in [7, 11) is 0. The van der Waals surface area contributed by atoms with Crippen molar-refractivity contribution in [3.8, 4) is 0 Å². The van der Waals surface area contributed by atoms with Crippen LogP contribution in [0.1, 0.15) is 34.0 Å². The molecule has 1 saturated heterocycles. The normalized spacial score (nSPS) is 17.4. The Morgan fingerprint density at radius 2 is 1.47 bits per heavy atom. The molecule has 1 heterocycles. The molecule has 4 nitrogen and oxygen atoms in total. The molecular weight excluding hydrogens is 438 g/mol. The predicted molar refractivity (Wildman–Crippen MR) is 104 cm³/mol. The Morgan fingerprint density at radius 1 is 0.906 bits per heavy atom. The summed E-state index contributed by atoms with van der Waals surface area (Å²) in [6.45, 7) is 1.62. The molecule has 1 aliphatic rings. The first-order valence-electron chi connectivity index (χ1n) is 9.76. The van der Waals surface area contributed by atoms with Gasteiger partial charge in [-0.1, -0.05) is 30.3 Å². The van der Waals surface area contributed by atoms with Crippen LogP contribution in [0.2, 0.25) is 0 Å². The van der Waals surface area contributed by atoms with Crippen molar-refractivity contribution in [3.05, 3.63) is 70.8 Å². The zero-order valence-corrected chi connectivity index (χ0v) is 17.0. The van der Waals surface area contributed by atoms with Gasteiger partial charge in [-0.15, -0.1) is 0 Å². The molecule has 10 heteroatoms. The molecule has 0 saturated carbocycles. The van der Waals surface area contributed by atoms with Crippen molar-refractivity contribution in [2.45, 2.75) is 31.7 Å². The zero-order chi connectivity index (χ0) is 23.7. The number of rotatable bonds is 3. The summed E-state index contributed by atoms with van der Waals surface area (Å²) in [6.07, 6.45) is -9.80. The largest absolute Gasteiger partial charge is 0.416 e. The Morgan fingerprint density at radius 3 is 1.97 bits per heavy atom. The second kappa shape index (κ2) is 8.84. The minimum Gasteiger partial charge on any atom is -0.339 e. The van der Waals surface area contributed by atoms with E-state index in [1.165, 1.54) is 16.7 Å². The summed E-state index contributed by atoms with van der Waals surface area (Å²) in [6, 6.07) is 9.19. The zero-order valence-electron chi connectivity index (χ0n) is 17.0. The Kier molecular flexibility index (Phi) is 6.52. The molecule has 0 N–H and O–H groups in total. The molecule has 2 aromatic rings. The van der Waals surface area contributed by atoms with Crippen molar-refractivity contribution in [2.24, 2.45) is 0 Å². The molecule has 0 unspecified atom stereocenters. The molecule has 0 spiro atoms. The minimum absolute atomic E-state index is 0.00644. The highest BCUT2D eigenvalue weighted by Crippen LogP contribution is 2.36. The van der Waals surface area contributed by atoms with E-state index in [2.05, 4.69) is 0 Å². The van der Waals surface area contributed by atoms with Gasteiger partial charge in [0, 0.05) is 32.1 Å². The maximum atomic E-state index is 13.2. The van der Waals surface area contributed by atoms with E-state index in [0.29, 0.717) is 18.6 Å². The number of alkyl halides is 6. The average Bonchev–Trinajstić information content (AvgIpc) is 2.72. The summed E-state index contributed by atoms with van der Waals surface area (Å²) in [4.78, 5) is 27.7. The van der Waals surface area contributed by atoms with Crippen LogP contribution in [-0.2, 0) is 23.6 Å². The van der Waals surface area contributed by atoms with Gasteiger partial charge in [-0.05, 0) is 30.2 Å². The number of amides is 2. The molecule has 32 heavy (non-hydrogen) atoms. The number of hydrogen-bond donors (Lipinski definition) is 0. The van der Waals surface area contributed by atoms with E-state index < -0.39 is 41.0 Å². The van der Waals surface area contributed by atoms with Gasteiger partial charge in [0.15, 0.2) is 0 Å². The fraction of sp³-hybridized carbons (Fsp3) is 0.364. The van der Waals surface area contributed by atoms with Crippen molar-refractivity contribution in [1.82, 2.24) is 9.80 Å². The first kappa shape index (κ1) is 23.6. The second-order valence-corrected chi connectivity index (χ2v) is 7.60. The highest BCUT2D eigenvalue weighted by molar-refractivity contribution is 5.95. The molecule has 0 aliphatic carbocycles. The molecule has 0 aromatic heterocycles. The number of piperazine rings is 1. The number of nitrogens with zero attached hydrogens (tertiary/aromatic N) is 2. The van der Waals surface area contributed by atoms with Crippen LogP contribution in [0.25, 0.3) is 0 Å². The average molecular weight is 458 g/mol. The van der Waals surface area contributed by atoms with Gasteiger partial charge in [0.25, 0.3) is 5.91 Å². The van der Waals surface area contributed by atoms with E-state index in [1.54, 1.807) is 30.3 Å². The van der Waals surface area contributed by atoms with Gasteiger partial charge in [-0.3, -0.25) is 9.59 Å². The van der Waals surface area contributed by atoms with Gasteiger partial charge in [0.1, 0.15) is 0 Å². The van der Waals surface area contributed by atoms with Gasteiger partial charge < -0.3 is 9.80 Å². The first-order chi connectivity index (χ1) is 14.9. The SMILES string of the molecule is CC(=O)N1CCN(C(=O)c2cc(C(F)(F)F)cc(C(F)(F)F)c2)[C@H](Cc2ccccc2)C1. The highest BCUT2D eigenvalue weighted by Gasteiger charge is 2.39. The number of carbonyl (C=O) groups is 2. The molecule has 3 rings (SSSR count). The van der Waals surface area contributed by atoms with E-state index in [4.69, 9.17) is 0 Å². The van der Waals surface area contributed by atoms with Gasteiger partial charge in [-0.2, -0.15) is 26.3 Å². The van der Waals surface area contributed by atoms with Gasteiger partial charge in [-0.25, -0.2) is 0 Å². The van der Waals surface area contributed by atoms with Crippen molar-refractivity contribution in [2.75, 3.05) is 19.6 Å². The molecule has 2 amide bonds. The van der Waals surface area contributed by atoms with Crippen LogP contribution in [0.15, 0.2) is 48.5 Å². The first-order valence-corrected chi connectivity index (χ1v) is 9.76. The number of benzene rings is 2. The van der Waals surface area contributed by atoms with Crippen LogP contribution in [0, 0.1) is 0 Å². The van der Waals surface area contributed by atoms with Crippen LogP contribution in [-0.4, -0.2) is 47.3 Å². The minimum atomic E-state index is -5.05. The predicted octanol–water partition coefficient (Wildman–Crippen LogP) is 4.64. The van der Waals surface area contributed by atoms with Gasteiger partial charge in [0.05, 0.1) is 17.2 Å². The van der Waals surface area contributed by atoms with Gasteiger partial charge in [0.2, 0.25) is 5.91 Å². The third-order valence-electron chi connectivity index (χ3n) is 5.34. The number of halogens is 6. The molecule has 1 fully saturated rings. The van der Waals surface area contributed by atoms with Crippen LogP contribution < -0.4 is 0 Å². The monoisotopic (exact) mass is 458 g/mol. The maximum absolute atomic E-state index is 13.2. The molecule has 2 aromatic carbocycles. The lowest BCUT2D eigenvalue weighted by atomic mass is 9.99. The van der Waals surface area contributed by atoms with Gasteiger partial charge >= 0.3 is 12.4 Å². The van der Waals surface area contributed by atoms with E-state index in [9.17, 15) is 35.9 Å². The van der Waals surface area contributed by atoms with Crippen LogP contribution in [0.3, 0.4) is 0 Å². The summed E-state index contributed by atoms with van der Waals surface area (Å²) in [5, 5.41) is 0. The quantitative estimate of drug-likeness (QED) is 0.629. The van der Waals surface area contributed by atoms with Crippen molar-refractivity contribution in [3.63, 3.8) is 0 Å². The van der Waals surface area contributed by atoms with Crippen LogP contribution in [0.5, 0.6) is 0 Å². The third kappa shape index (κ3) is 5.41. The molecule has 1 atom stereocenters. The van der Waals surface area contributed by atoms with Crippen molar-refractivity contribution in [1.29, 1.82) is 0 Å². The molecule has 172 valence electrons. The third-order valence-corrected chi connectivity index (χ3v) is 5.34. The standard InChI is InChI=1S/C22H20F6N2O2/c1-14(31)29-7-8-30(19(13-29)9-15-5-3-2-4-6-15)20(32)16-10-17(21(23,24)25)12-18(11-16)22(26,27)28/h2-6,10-12,19H,7-9,13H2,1H3/t19-/m1/s1. The van der Waals surface area contributed by atoms with Crippen LogP contribution in [0.4, 0.5) is 26.3 Å². The molecule has 0 radical (unpaired) electrons. The summed E-state index contributed by atoms with van der Waals surface area (Å²) >= 11 is 0.